The topological polar surface area (TPSA) is 85.8 Å². The van der Waals surface area contributed by atoms with Gasteiger partial charge in [-0.1, -0.05) is 6.07 Å². The number of ether oxygens (including phenoxy) is 1. The highest BCUT2D eigenvalue weighted by Crippen LogP contribution is 2.39. The van der Waals surface area contributed by atoms with Crippen LogP contribution in [0.2, 0.25) is 0 Å². The zero-order chi connectivity index (χ0) is 23.5. The van der Waals surface area contributed by atoms with E-state index in [9.17, 15) is 18.0 Å². The van der Waals surface area contributed by atoms with E-state index in [4.69, 9.17) is 10.5 Å². The van der Waals surface area contributed by atoms with Crippen LogP contribution in [0.15, 0.2) is 48.9 Å². The molecular weight excluding hydrogens is 435 g/mol. The highest BCUT2D eigenvalue weighted by molar-refractivity contribution is 5.98. The van der Waals surface area contributed by atoms with Gasteiger partial charge in [0, 0.05) is 12.6 Å². The number of halogens is 3. The third-order valence-corrected chi connectivity index (χ3v) is 6.13. The summed E-state index contributed by atoms with van der Waals surface area (Å²) in [5.41, 5.74) is 8.61. The maximum absolute atomic E-state index is 13.4. The van der Waals surface area contributed by atoms with Crippen molar-refractivity contribution >= 4 is 28.3 Å². The fourth-order valence-corrected chi connectivity index (χ4v) is 4.29. The number of fused-ring (bicyclic) bond motifs is 4. The van der Waals surface area contributed by atoms with Gasteiger partial charge in [0.2, 0.25) is 0 Å². The second-order valence-electron chi connectivity index (χ2n) is 8.10. The molecule has 7 nitrogen and oxygen atoms in total. The number of alkyl halides is 3. The lowest BCUT2D eigenvalue weighted by Crippen LogP contribution is -2.37. The number of nitrogens with two attached hydrogens (primary N) is 1. The summed E-state index contributed by atoms with van der Waals surface area (Å²) in [4.78, 5) is 23.3. The quantitative estimate of drug-likeness (QED) is 0.485. The summed E-state index contributed by atoms with van der Waals surface area (Å²) in [5.74, 6) is 0.0375. The summed E-state index contributed by atoms with van der Waals surface area (Å²) < 4.78 is 47.1. The van der Waals surface area contributed by atoms with Gasteiger partial charge in [0.1, 0.15) is 11.3 Å². The summed E-state index contributed by atoms with van der Waals surface area (Å²) in [7, 11) is 1.62. The van der Waals surface area contributed by atoms with Crippen LogP contribution in [0.4, 0.5) is 19.0 Å². The summed E-state index contributed by atoms with van der Waals surface area (Å²) >= 11 is 0. The van der Waals surface area contributed by atoms with Crippen LogP contribution in [0.1, 0.15) is 46.1 Å². The van der Waals surface area contributed by atoms with Gasteiger partial charge in [0.15, 0.2) is 0 Å². The van der Waals surface area contributed by atoms with Crippen LogP contribution in [-0.4, -0.2) is 38.8 Å². The number of carbonyl (C=O) groups excluding carboxylic acids is 1. The minimum atomic E-state index is -4.45. The van der Waals surface area contributed by atoms with Crippen LogP contribution in [-0.2, 0) is 10.9 Å². The van der Waals surface area contributed by atoms with Crippen LogP contribution >= 0.6 is 0 Å². The highest BCUT2D eigenvalue weighted by atomic mass is 19.4. The second kappa shape index (κ2) is 7.45. The van der Waals surface area contributed by atoms with E-state index in [1.165, 1.54) is 11.0 Å². The molecule has 1 amide bonds. The molecule has 0 saturated heterocycles. The predicted molar refractivity (Wildman–Crippen MR) is 116 cm³/mol. The molecule has 10 heteroatoms. The van der Waals surface area contributed by atoms with Crippen molar-refractivity contribution in [3.8, 4) is 0 Å². The summed E-state index contributed by atoms with van der Waals surface area (Å²) in [6.07, 6.45) is -1.77. The molecular formula is C23H20F3N5O2. The van der Waals surface area contributed by atoms with Crippen LogP contribution in [0.3, 0.4) is 0 Å². The van der Waals surface area contributed by atoms with Gasteiger partial charge in [0.25, 0.3) is 5.91 Å². The Morgan fingerprint density at radius 3 is 2.73 bits per heavy atom. The number of anilines is 1. The molecule has 33 heavy (non-hydrogen) atoms. The van der Waals surface area contributed by atoms with Crippen LogP contribution < -0.4 is 5.73 Å². The standard InChI is InChI=1S/C23H20F3N5O2/c1-12-16-8-14(23(24,25)26)4-5-15(16)20(10-33-12)30(2)22(32)13-3-6-17-18(7-13)31-11-28-9-19(31)21(27)29-17/h3-9,11-12,20H,10H2,1-2H3,(H2,27,29)/t12-,20?/m0/s1. The number of rotatable bonds is 2. The van der Waals surface area contributed by atoms with Crippen molar-refractivity contribution in [1.29, 1.82) is 0 Å². The molecule has 2 atom stereocenters. The first-order valence-electron chi connectivity index (χ1n) is 10.3. The number of nitrogens with zero attached hydrogens (tertiary/aromatic N) is 4. The van der Waals surface area contributed by atoms with E-state index in [1.54, 1.807) is 49.1 Å². The van der Waals surface area contributed by atoms with Gasteiger partial charge >= 0.3 is 6.18 Å². The molecule has 2 aromatic heterocycles. The van der Waals surface area contributed by atoms with Crippen molar-refractivity contribution in [1.82, 2.24) is 19.3 Å². The number of amides is 1. The van der Waals surface area contributed by atoms with Crippen molar-refractivity contribution in [3.63, 3.8) is 0 Å². The molecule has 1 aliphatic rings. The Morgan fingerprint density at radius 1 is 1.18 bits per heavy atom. The molecule has 0 aliphatic carbocycles. The fraction of sp³-hybridized carbons (Fsp3) is 0.261. The third-order valence-electron chi connectivity index (χ3n) is 6.13. The maximum Gasteiger partial charge on any atom is 0.416 e. The zero-order valence-electron chi connectivity index (χ0n) is 17.8. The van der Waals surface area contributed by atoms with E-state index in [1.807, 2.05) is 0 Å². The van der Waals surface area contributed by atoms with Gasteiger partial charge in [-0.05, 0) is 48.4 Å². The smallest absolute Gasteiger partial charge is 0.382 e. The number of imidazole rings is 1. The number of hydrogen-bond donors (Lipinski definition) is 1. The average Bonchev–Trinajstić information content (AvgIpc) is 3.29. The molecule has 0 fully saturated rings. The van der Waals surface area contributed by atoms with E-state index < -0.39 is 23.9 Å². The Kier molecular flexibility index (Phi) is 4.78. The molecule has 4 aromatic rings. The van der Waals surface area contributed by atoms with Crippen LogP contribution in [0.5, 0.6) is 0 Å². The number of nitrogen functional groups attached to an aromatic ring is 1. The maximum atomic E-state index is 13.4. The molecule has 3 heterocycles. The van der Waals surface area contributed by atoms with Crippen molar-refractivity contribution < 1.29 is 22.7 Å². The van der Waals surface area contributed by atoms with Gasteiger partial charge in [-0.2, -0.15) is 13.2 Å². The largest absolute Gasteiger partial charge is 0.416 e. The van der Waals surface area contributed by atoms with Gasteiger partial charge in [-0.3, -0.25) is 9.20 Å². The first-order chi connectivity index (χ1) is 15.6. The lowest BCUT2D eigenvalue weighted by molar-refractivity contribution is -0.137. The predicted octanol–water partition coefficient (Wildman–Crippen LogP) is 4.39. The first kappa shape index (κ1) is 21.2. The number of carbonyl (C=O) groups is 1. The Labute approximate surface area is 186 Å². The number of benzene rings is 2. The minimum absolute atomic E-state index is 0.180. The Morgan fingerprint density at radius 2 is 1.97 bits per heavy atom. The lowest BCUT2D eigenvalue weighted by Gasteiger charge is -2.36. The average molecular weight is 455 g/mol. The summed E-state index contributed by atoms with van der Waals surface area (Å²) in [6.45, 7) is 1.88. The van der Waals surface area contributed by atoms with Crippen LogP contribution in [0.25, 0.3) is 16.6 Å². The number of likely N-dealkylation sites (N-methyl/N-ethyl adjacent to an activating group) is 1. The highest BCUT2D eigenvalue weighted by Gasteiger charge is 2.35. The molecule has 170 valence electrons. The van der Waals surface area contributed by atoms with E-state index in [2.05, 4.69) is 9.97 Å². The summed E-state index contributed by atoms with van der Waals surface area (Å²) in [6, 6.07) is 8.12. The lowest BCUT2D eigenvalue weighted by atomic mass is 9.91. The molecule has 0 radical (unpaired) electrons. The summed E-state index contributed by atoms with van der Waals surface area (Å²) in [5, 5.41) is 0. The SMILES string of the molecule is C[C@@H]1OCC(N(C)C(=O)c2ccc3nc(N)c4cncn4c3c2)c2ccc(C(F)(F)F)cc21. The zero-order valence-corrected chi connectivity index (χ0v) is 17.8. The molecule has 0 bridgehead atoms. The number of hydrogen-bond acceptors (Lipinski definition) is 5. The molecule has 2 aromatic carbocycles. The van der Waals surface area contributed by atoms with E-state index in [-0.39, 0.29) is 12.5 Å². The Balaban J connectivity index is 1.52. The molecule has 0 saturated carbocycles. The fourth-order valence-electron chi connectivity index (χ4n) is 4.29. The first-order valence-corrected chi connectivity index (χ1v) is 10.3. The van der Waals surface area contributed by atoms with Gasteiger partial charge in [-0.25, -0.2) is 9.97 Å². The Bertz CT molecular complexity index is 1400. The van der Waals surface area contributed by atoms with Gasteiger partial charge in [-0.15, -0.1) is 0 Å². The minimum Gasteiger partial charge on any atom is -0.382 e. The number of aromatic nitrogens is 3. The molecule has 1 unspecified atom stereocenters. The van der Waals surface area contributed by atoms with E-state index in [0.717, 1.165) is 12.1 Å². The molecule has 1 aliphatic heterocycles. The van der Waals surface area contributed by atoms with Crippen molar-refractivity contribution in [2.45, 2.75) is 25.2 Å². The van der Waals surface area contributed by atoms with Crippen LogP contribution in [0, 0.1) is 0 Å². The van der Waals surface area contributed by atoms with Gasteiger partial charge in [0.05, 0.1) is 47.9 Å². The van der Waals surface area contributed by atoms with Crippen molar-refractivity contribution in [2.24, 2.45) is 0 Å². The monoisotopic (exact) mass is 455 g/mol. The van der Waals surface area contributed by atoms with E-state index >= 15 is 0 Å². The molecule has 2 N–H and O–H groups in total. The van der Waals surface area contributed by atoms with Crippen molar-refractivity contribution in [3.05, 3.63) is 71.2 Å². The normalized spacial score (nSPS) is 18.5. The van der Waals surface area contributed by atoms with Gasteiger partial charge < -0.3 is 15.4 Å². The Hall–Kier alpha value is -3.66. The molecule has 5 rings (SSSR count). The third kappa shape index (κ3) is 3.46. The van der Waals surface area contributed by atoms with Crippen molar-refractivity contribution in [2.75, 3.05) is 19.4 Å². The molecule has 0 spiro atoms. The second-order valence-corrected chi connectivity index (χ2v) is 8.10. The van der Waals surface area contributed by atoms with E-state index in [0.29, 0.717) is 39.1 Å².